The second-order valence-corrected chi connectivity index (χ2v) is 3.13. The summed E-state index contributed by atoms with van der Waals surface area (Å²) >= 11 is 0. The van der Waals surface area contributed by atoms with E-state index in [4.69, 9.17) is 9.84 Å². The van der Waals surface area contributed by atoms with E-state index < -0.39 is 0 Å². The molecule has 1 N–H and O–H groups in total. The van der Waals surface area contributed by atoms with Crippen LogP contribution in [0.15, 0.2) is 24.3 Å². The summed E-state index contributed by atoms with van der Waals surface area (Å²) in [4.78, 5) is 10.3. The summed E-state index contributed by atoms with van der Waals surface area (Å²) in [5.41, 5.74) is 1.05. The number of ether oxygens (including phenoxy) is 1. The molecule has 0 aliphatic rings. The van der Waals surface area contributed by atoms with Crippen molar-refractivity contribution in [2.24, 2.45) is 0 Å². The SMILES string of the molecule is CO[C@H](CC=O)Cc1ccc(O)cc1. The van der Waals surface area contributed by atoms with Gasteiger partial charge in [-0.15, -0.1) is 0 Å². The second kappa shape index (κ2) is 5.40. The summed E-state index contributed by atoms with van der Waals surface area (Å²) in [5, 5.41) is 9.06. The number of phenolic OH excluding ortho intramolecular Hbond substituents is 1. The summed E-state index contributed by atoms with van der Waals surface area (Å²) in [6.45, 7) is 0. The fourth-order valence-corrected chi connectivity index (χ4v) is 1.27. The molecule has 0 heterocycles. The van der Waals surface area contributed by atoms with Crippen molar-refractivity contribution in [2.45, 2.75) is 18.9 Å². The molecule has 0 spiro atoms. The predicted octanol–water partition coefficient (Wildman–Crippen LogP) is 1.54. The number of rotatable bonds is 5. The number of carbonyl (C=O) groups excluding carboxylic acids is 1. The molecule has 0 amide bonds. The van der Waals surface area contributed by atoms with Crippen molar-refractivity contribution in [3.8, 4) is 5.75 Å². The van der Waals surface area contributed by atoms with Gasteiger partial charge in [-0.25, -0.2) is 0 Å². The Balaban J connectivity index is 2.57. The smallest absolute Gasteiger partial charge is 0.122 e. The highest BCUT2D eigenvalue weighted by Gasteiger charge is 2.07. The maximum absolute atomic E-state index is 10.3. The molecule has 0 aromatic heterocycles. The molecular weight excluding hydrogens is 180 g/mol. The summed E-state index contributed by atoms with van der Waals surface area (Å²) < 4.78 is 5.13. The van der Waals surface area contributed by atoms with E-state index in [1.54, 1.807) is 19.2 Å². The first-order valence-corrected chi connectivity index (χ1v) is 4.50. The second-order valence-electron chi connectivity index (χ2n) is 3.13. The minimum absolute atomic E-state index is 0.0722. The minimum atomic E-state index is -0.0722. The molecule has 0 saturated carbocycles. The van der Waals surface area contributed by atoms with Gasteiger partial charge in [0, 0.05) is 13.5 Å². The number of hydrogen-bond donors (Lipinski definition) is 1. The molecule has 76 valence electrons. The number of carbonyl (C=O) groups is 1. The number of methoxy groups -OCH3 is 1. The Kier molecular flexibility index (Phi) is 4.13. The highest BCUT2D eigenvalue weighted by atomic mass is 16.5. The average molecular weight is 194 g/mol. The van der Waals surface area contributed by atoms with Crippen molar-refractivity contribution in [1.29, 1.82) is 0 Å². The molecule has 0 aliphatic carbocycles. The molecule has 1 aromatic rings. The highest BCUT2D eigenvalue weighted by molar-refractivity contribution is 5.50. The molecule has 0 saturated heterocycles. The maximum atomic E-state index is 10.3. The van der Waals surface area contributed by atoms with Crippen LogP contribution < -0.4 is 0 Å². The lowest BCUT2D eigenvalue weighted by Gasteiger charge is -2.11. The van der Waals surface area contributed by atoms with Crippen LogP contribution in [0.4, 0.5) is 0 Å². The van der Waals surface area contributed by atoms with E-state index in [-0.39, 0.29) is 11.9 Å². The van der Waals surface area contributed by atoms with Crippen LogP contribution in [0.5, 0.6) is 5.75 Å². The fraction of sp³-hybridized carbons (Fsp3) is 0.364. The minimum Gasteiger partial charge on any atom is -0.508 e. The van der Waals surface area contributed by atoms with Crippen LogP contribution in [-0.2, 0) is 16.0 Å². The molecule has 14 heavy (non-hydrogen) atoms. The zero-order valence-corrected chi connectivity index (χ0v) is 8.14. The monoisotopic (exact) mass is 194 g/mol. The van der Waals surface area contributed by atoms with Gasteiger partial charge in [0.1, 0.15) is 12.0 Å². The van der Waals surface area contributed by atoms with Crippen LogP contribution in [0.1, 0.15) is 12.0 Å². The first-order chi connectivity index (χ1) is 6.76. The van der Waals surface area contributed by atoms with E-state index in [9.17, 15) is 4.79 Å². The Hall–Kier alpha value is -1.35. The third-order valence-electron chi connectivity index (χ3n) is 2.09. The lowest BCUT2D eigenvalue weighted by atomic mass is 10.1. The topological polar surface area (TPSA) is 46.5 Å². The molecule has 0 bridgehead atoms. The molecule has 1 atom stereocenters. The average Bonchev–Trinajstić information content (AvgIpc) is 2.20. The number of aromatic hydroxyl groups is 1. The molecular formula is C11H14O3. The van der Waals surface area contributed by atoms with E-state index in [0.717, 1.165) is 11.8 Å². The van der Waals surface area contributed by atoms with Crippen molar-refractivity contribution in [3.63, 3.8) is 0 Å². The molecule has 3 heteroatoms. The number of benzene rings is 1. The Morgan fingerprint density at radius 2 is 2.07 bits per heavy atom. The molecule has 1 rings (SSSR count). The van der Waals surface area contributed by atoms with Gasteiger partial charge in [-0.3, -0.25) is 0 Å². The Bertz CT molecular complexity index is 279. The maximum Gasteiger partial charge on any atom is 0.122 e. The van der Waals surface area contributed by atoms with Gasteiger partial charge >= 0.3 is 0 Å². The number of phenols is 1. The van der Waals surface area contributed by atoms with Gasteiger partial charge in [-0.2, -0.15) is 0 Å². The van der Waals surface area contributed by atoms with Gasteiger partial charge in [0.05, 0.1) is 6.10 Å². The largest absolute Gasteiger partial charge is 0.508 e. The molecule has 0 aliphatic heterocycles. The van der Waals surface area contributed by atoms with Gasteiger partial charge in [0.15, 0.2) is 0 Å². The van der Waals surface area contributed by atoms with Crippen LogP contribution in [-0.4, -0.2) is 24.6 Å². The predicted molar refractivity (Wildman–Crippen MR) is 53.3 cm³/mol. The van der Waals surface area contributed by atoms with Gasteiger partial charge < -0.3 is 14.6 Å². The normalized spacial score (nSPS) is 12.4. The molecule has 3 nitrogen and oxygen atoms in total. The fourth-order valence-electron chi connectivity index (χ4n) is 1.27. The number of aldehydes is 1. The third kappa shape index (κ3) is 3.18. The molecule has 1 aromatic carbocycles. The van der Waals surface area contributed by atoms with Crippen LogP contribution in [0, 0.1) is 0 Å². The summed E-state index contributed by atoms with van der Waals surface area (Å²) in [6.07, 6.45) is 1.87. The zero-order chi connectivity index (χ0) is 10.4. The summed E-state index contributed by atoms with van der Waals surface area (Å²) in [7, 11) is 1.59. The van der Waals surface area contributed by atoms with Crippen LogP contribution in [0.2, 0.25) is 0 Å². The van der Waals surface area contributed by atoms with E-state index in [2.05, 4.69) is 0 Å². The van der Waals surface area contributed by atoms with Crippen molar-refractivity contribution >= 4 is 6.29 Å². The zero-order valence-electron chi connectivity index (χ0n) is 8.14. The van der Waals surface area contributed by atoms with Crippen molar-refractivity contribution in [2.75, 3.05) is 7.11 Å². The van der Waals surface area contributed by atoms with Crippen LogP contribution in [0.25, 0.3) is 0 Å². The van der Waals surface area contributed by atoms with E-state index in [1.807, 2.05) is 12.1 Å². The van der Waals surface area contributed by atoms with Crippen LogP contribution >= 0.6 is 0 Å². The highest BCUT2D eigenvalue weighted by Crippen LogP contribution is 2.12. The van der Waals surface area contributed by atoms with Crippen molar-refractivity contribution < 1.29 is 14.6 Å². The van der Waals surface area contributed by atoms with Gasteiger partial charge in [-0.1, -0.05) is 12.1 Å². The third-order valence-corrected chi connectivity index (χ3v) is 2.09. The Labute approximate surface area is 83.3 Å². The van der Waals surface area contributed by atoms with Gasteiger partial charge in [0.2, 0.25) is 0 Å². The quantitative estimate of drug-likeness (QED) is 0.723. The first kappa shape index (κ1) is 10.7. The summed E-state index contributed by atoms with van der Waals surface area (Å²) in [5.74, 6) is 0.248. The molecule has 0 radical (unpaired) electrons. The van der Waals surface area contributed by atoms with E-state index >= 15 is 0 Å². The van der Waals surface area contributed by atoms with E-state index in [1.165, 1.54) is 0 Å². The van der Waals surface area contributed by atoms with E-state index in [0.29, 0.717) is 12.8 Å². The lowest BCUT2D eigenvalue weighted by molar-refractivity contribution is -0.109. The van der Waals surface area contributed by atoms with Gasteiger partial charge in [-0.05, 0) is 24.1 Å². The number of hydrogen-bond acceptors (Lipinski definition) is 3. The lowest BCUT2D eigenvalue weighted by Crippen LogP contribution is -2.14. The summed E-state index contributed by atoms with van der Waals surface area (Å²) in [6, 6.07) is 6.91. The standard InChI is InChI=1S/C11H14O3/c1-14-11(6-7-12)8-9-2-4-10(13)5-3-9/h2-5,7,11,13H,6,8H2,1H3/t11-/m1/s1. The van der Waals surface area contributed by atoms with Crippen molar-refractivity contribution in [3.05, 3.63) is 29.8 Å². The molecule has 0 fully saturated rings. The molecule has 0 unspecified atom stereocenters. The first-order valence-electron chi connectivity index (χ1n) is 4.50. The van der Waals surface area contributed by atoms with Gasteiger partial charge in [0.25, 0.3) is 0 Å². The Morgan fingerprint density at radius 3 is 2.57 bits per heavy atom. The van der Waals surface area contributed by atoms with Crippen molar-refractivity contribution in [1.82, 2.24) is 0 Å². The Morgan fingerprint density at radius 1 is 1.43 bits per heavy atom. The van der Waals surface area contributed by atoms with Crippen LogP contribution in [0.3, 0.4) is 0 Å².